The second kappa shape index (κ2) is 12.2. The highest BCUT2D eigenvalue weighted by Gasteiger charge is 2.22. The smallest absolute Gasteiger partial charge is 0.308 e. The summed E-state index contributed by atoms with van der Waals surface area (Å²) in [4.78, 5) is 20.5. The summed E-state index contributed by atoms with van der Waals surface area (Å²) in [5, 5.41) is 20.5. The van der Waals surface area contributed by atoms with Gasteiger partial charge in [0.15, 0.2) is 0 Å². The third kappa shape index (κ3) is 8.08. The number of carbonyl (C=O) groups excluding carboxylic acids is 1. The van der Waals surface area contributed by atoms with Gasteiger partial charge in [0.1, 0.15) is 5.82 Å². The third-order valence-corrected chi connectivity index (χ3v) is 6.27. The Bertz CT molecular complexity index is 1150. The molecule has 0 amide bonds. The molecule has 2 aromatic rings. The summed E-state index contributed by atoms with van der Waals surface area (Å²) in [6.07, 6.45) is 1.51. The van der Waals surface area contributed by atoms with E-state index in [9.17, 15) is 27.8 Å². The predicted molar refractivity (Wildman–Crippen MR) is 132 cm³/mol. The summed E-state index contributed by atoms with van der Waals surface area (Å²) < 4.78 is 43.6. The van der Waals surface area contributed by atoms with Gasteiger partial charge in [-0.2, -0.15) is 0 Å². The molecule has 0 unspecified atom stereocenters. The number of esters is 1. The Balaban J connectivity index is 2.51. The Kier molecular flexibility index (Phi) is 9.87. The van der Waals surface area contributed by atoms with E-state index in [0.717, 1.165) is 10.6 Å². The van der Waals surface area contributed by atoms with Crippen molar-refractivity contribution < 1.29 is 32.6 Å². The van der Waals surface area contributed by atoms with Crippen LogP contribution in [0.5, 0.6) is 0 Å². The molecule has 2 atom stereocenters. The van der Waals surface area contributed by atoms with Crippen LogP contribution < -0.4 is 4.31 Å². The Hall–Kier alpha value is -2.89. The number of aromatic nitrogens is 2. The van der Waals surface area contributed by atoms with Crippen molar-refractivity contribution in [3.8, 4) is 11.3 Å². The zero-order valence-corrected chi connectivity index (χ0v) is 21.3. The molecule has 0 spiro atoms. The molecule has 192 valence electrons. The van der Waals surface area contributed by atoms with Crippen LogP contribution in [-0.2, 0) is 19.6 Å². The first kappa shape index (κ1) is 28.3. The predicted octanol–water partition coefficient (Wildman–Crippen LogP) is 2.88. The van der Waals surface area contributed by atoms with E-state index in [2.05, 4.69) is 9.97 Å². The van der Waals surface area contributed by atoms with Gasteiger partial charge in [-0.1, -0.05) is 26.0 Å². The molecule has 0 bridgehead atoms. The van der Waals surface area contributed by atoms with Gasteiger partial charge in [-0.05, 0) is 37.1 Å². The lowest BCUT2D eigenvalue weighted by Gasteiger charge is -2.20. The van der Waals surface area contributed by atoms with E-state index in [4.69, 9.17) is 4.74 Å². The largest absolute Gasteiger partial charge is 0.466 e. The number of benzene rings is 1. The fourth-order valence-corrected chi connectivity index (χ4v) is 3.63. The monoisotopic (exact) mass is 509 g/mol. The van der Waals surface area contributed by atoms with E-state index >= 15 is 0 Å². The lowest BCUT2D eigenvalue weighted by molar-refractivity contribution is -0.145. The highest BCUT2D eigenvalue weighted by atomic mass is 32.2. The van der Waals surface area contributed by atoms with Gasteiger partial charge in [0.2, 0.25) is 16.0 Å². The Labute approximate surface area is 205 Å². The molecule has 0 aliphatic carbocycles. The standard InChI is InChI=1S/C24H32FN3O6S/c1-6-34-21(31)14-19(30)13-18(29)11-12-20-22(15(2)3)26-24(28(4)35(5,32)33)27-23(20)16-7-9-17(25)10-8-16/h7-12,15,18-19,29-30H,6,13-14H2,1-5H3/t18-,19-/m1/s1. The molecule has 0 fully saturated rings. The maximum Gasteiger partial charge on any atom is 0.308 e. The van der Waals surface area contributed by atoms with Crippen LogP contribution in [0.2, 0.25) is 0 Å². The van der Waals surface area contributed by atoms with Gasteiger partial charge in [-0.25, -0.2) is 27.1 Å². The first-order chi connectivity index (χ1) is 16.3. The maximum atomic E-state index is 13.6. The van der Waals surface area contributed by atoms with Crippen molar-refractivity contribution in [2.75, 3.05) is 24.2 Å². The summed E-state index contributed by atoms with van der Waals surface area (Å²) in [6, 6.07) is 5.56. The van der Waals surface area contributed by atoms with Crippen LogP contribution in [-0.4, -0.2) is 66.7 Å². The van der Waals surface area contributed by atoms with Crippen LogP contribution in [0.25, 0.3) is 17.3 Å². The van der Waals surface area contributed by atoms with Gasteiger partial charge in [0.25, 0.3) is 0 Å². The fraction of sp³-hybridized carbons (Fsp3) is 0.458. The van der Waals surface area contributed by atoms with Crippen LogP contribution in [0.1, 0.15) is 50.8 Å². The van der Waals surface area contributed by atoms with Gasteiger partial charge in [-0.15, -0.1) is 0 Å². The van der Waals surface area contributed by atoms with E-state index in [1.54, 1.807) is 13.0 Å². The van der Waals surface area contributed by atoms with Crippen LogP contribution in [0.3, 0.4) is 0 Å². The van der Waals surface area contributed by atoms with Crippen molar-refractivity contribution in [3.63, 3.8) is 0 Å². The van der Waals surface area contributed by atoms with Gasteiger partial charge < -0.3 is 14.9 Å². The number of hydrogen-bond donors (Lipinski definition) is 2. The number of aliphatic hydroxyl groups is 2. The van der Waals surface area contributed by atoms with Gasteiger partial charge >= 0.3 is 5.97 Å². The van der Waals surface area contributed by atoms with E-state index in [0.29, 0.717) is 22.5 Å². The van der Waals surface area contributed by atoms with Crippen LogP contribution in [0.4, 0.5) is 10.3 Å². The first-order valence-electron chi connectivity index (χ1n) is 11.1. The number of aliphatic hydroxyl groups excluding tert-OH is 2. The van der Waals surface area contributed by atoms with Crippen molar-refractivity contribution in [3.05, 3.63) is 47.4 Å². The van der Waals surface area contributed by atoms with E-state index in [-0.39, 0.29) is 31.3 Å². The normalized spacial score (nSPS) is 13.7. The molecular formula is C24H32FN3O6S. The molecule has 1 aromatic carbocycles. The zero-order chi connectivity index (χ0) is 26.3. The lowest BCUT2D eigenvalue weighted by atomic mass is 9.97. The third-order valence-electron chi connectivity index (χ3n) is 5.11. The fourth-order valence-electron chi connectivity index (χ4n) is 3.26. The Morgan fingerprint density at radius 2 is 1.83 bits per heavy atom. The van der Waals surface area contributed by atoms with Crippen molar-refractivity contribution in [1.29, 1.82) is 0 Å². The number of anilines is 1. The van der Waals surface area contributed by atoms with Gasteiger partial charge in [0, 0.05) is 24.6 Å². The van der Waals surface area contributed by atoms with Crippen molar-refractivity contribution in [2.24, 2.45) is 0 Å². The second-order valence-corrected chi connectivity index (χ2v) is 10.4. The lowest BCUT2D eigenvalue weighted by Crippen LogP contribution is -2.27. The summed E-state index contributed by atoms with van der Waals surface area (Å²) in [5.41, 5.74) is 1.90. The minimum atomic E-state index is -3.65. The van der Waals surface area contributed by atoms with Crippen LogP contribution in [0, 0.1) is 5.82 Å². The minimum Gasteiger partial charge on any atom is -0.466 e. The minimum absolute atomic E-state index is 0.0434. The molecule has 0 aliphatic heterocycles. The topological polar surface area (TPSA) is 130 Å². The average Bonchev–Trinajstić information content (AvgIpc) is 2.76. The summed E-state index contributed by atoms with van der Waals surface area (Å²) >= 11 is 0. The number of halogens is 1. The van der Waals surface area contributed by atoms with Crippen molar-refractivity contribution in [1.82, 2.24) is 9.97 Å². The van der Waals surface area contributed by atoms with Gasteiger partial charge in [0.05, 0.1) is 42.9 Å². The Morgan fingerprint density at radius 3 is 2.37 bits per heavy atom. The molecule has 0 saturated heterocycles. The summed E-state index contributed by atoms with van der Waals surface area (Å²) in [6.45, 7) is 5.60. The molecule has 0 saturated carbocycles. The summed E-state index contributed by atoms with van der Waals surface area (Å²) in [7, 11) is -2.30. The van der Waals surface area contributed by atoms with Crippen LogP contribution in [0.15, 0.2) is 30.3 Å². The number of ether oxygens (including phenoxy) is 1. The van der Waals surface area contributed by atoms with Gasteiger partial charge in [-0.3, -0.25) is 4.79 Å². The molecule has 0 radical (unpaired) electrons. The number of nitrogens with zero attached hydrogens (tertiary/aromatic N) is 3. The first-order valence-corrected chi connectivity index (χ1v) is 13.0. The zero-order valence-electron chi connectivity index (χ0n) is 20.5. The molecule has 2 rings (SSSR count). The molecule has 35 heavy (non-hydrogen) atoms. The number of rotatable bonds is 11. The van der Waals surface area contributed by atoms with Crippen molar-refractivity contribution in [2.45, 2.75) is 51.7 Å². The van der Waals surface area contributed by atoms with Crippen molar-refractivity contribution >= 4 is 28.0 Å². The number of carbonyl (C=O) groups is 1. The molecular weight excluding hydrogens is 477 g/mol. The van der Waals surface area contributed by atoms with E-state index in [1.807, 2.05) is 13.8 Å². The quantitative estimate of drug-likeness (QED) is 0.442. The number of hydrogen-bond acceptors (Lipinski definition) is 8. The van der Waals surface area contributed by atoms with Crippen LogP contribution >= 0.6 is 0 Å². The maximum absolute atomic E-state index is 13.6. The molecule has 2 N–H and O–H groups in total. The van der Waals surface area contributed by atoms with E-state index in [1.165, 1.54) is 37.4 Å². The van der Waals surface area contributed by atoms with E-state index < -0.39 is 34.0 Å². The Morgan fingerprint density at radius 1 is 1.20 bits per heavy atom. The average molecular weight is 510 g/mol. The molecule has 1 aromatic heterocycles. The summed E-state index contributed by atoms with van der Waals surface area (Å²) in [5.74, 6) is -1.20. The highest BCUT2D eigenvalue weighted by Crippen LogP contribution is 2.31. The second-order valence-electron chi connectivity index (χ2n) is 8.39. The number of sulfonamides is 1. The molecule has 0 aliphatic rings. The molecule has 11 heteroatoms. The highest BCUT2D eigenvalue weighted by molar-refractivity contribution is 7.92. The molecule has 1 heterocycles. The SMILES string of the molecule is CCOC(=O)C[C@H](O)C[C@H](O)C=Cc1c(-c2ccc(F)cc2)nc(N(C)S(C)(=O)=O)nc1C(C)C. The molecule has 9 nitrogen and oxygen atoms in total.